The van der Waals surface area contributed by atoms with Gasteiger partial charge in [-0.1, -0.05) is 6.07 Å². The first kappa shape index (κ1) is 12.5. The lowest BCUT2D eigenvalue weighted by atomic mass is 10.1. The van der Waals surface area contributed by atoms with E-state index < -0.39 is 0 Å². The molecule has 0 radical (unpaired) electrons. The van der Waals surface area contributed by atoms with Crippen molar-refractivity contribution in [3.05, 3.63) is 23.9 Å². The van der Waals surface area contributed by atoms with Crippen LogP contribution in [0.25, 0.3) is 0 Å². The van der Waals surface area contributed by atoms with Gasteiger partial charge in [-0.3, -0.25) is 4.79 Å². The first-order chi connectivity index (χ1) is 9.15. The standard InChI is InChI=1S/C15H21N3O/c1-11-4-3-5-14(16-11)17-8-9-18(12(2)10-17)15(19)13-6-7-13/h3-5,12-13H,6-10H2,1-2H3. The fourth-order valence-corrected chi connectivity index (χ4v) is 2.76. The van der Waals surface area contributed by atoms with Gasteiger partial charge in [0.15, 0.2) is 0 Å². The molecule has 2 aliphatic rings. The summed E-state index contributed by atoms with van der Waals surface area (Å²) in [6.07, 6.45) is 2.18. The van der Waals surface area contributed by atoms with Gasteiger partial charge in [-0.15, -0.1) is 0 Å². The van der Waals surface area contributed by atoms with Gasteiger partial charge in [-0.05, 0) is 38.8 Å². The Morgan fingerprint density at radius 2 is 2.11 bits per heavy atom. The van der Waals surface area contributed by atoms with E-state index >= 15 is 0 Å². The smallest absolute Gasteiger partial charge is 0.226 e. The van der Waals surface area contributed by atoms with Crippen LogP contribution in [-0.4, -0.2) is 41.5 Å². The molecule has 1 saturated carbocycles. The van der Waals surface area contributed by atoms with Crippen LogP contribution in [0.2, 0.25) is 0 Å². The maximum absolute atomic E-state index is 12.2. The minimum absolute atomic E-state index is 0.282. The van der Waals surface area contributed by atoms with E-state index in [2.05, 4.69) is 27.8 Å². The summed E-state index contributed by atoms with van der Waals surface area (Å²) in [6.45, 7) is 6.75. The Kier molecular flexibility index (Phi) is 3.17. The van der Waals surface area contributed by atoms with E-state index in [-0.39, 0.29) is 6.04 Å². The van der Waals surface area contributed by atoms with Crippen molar-refractivity contribution >= 4 is 11.7 Å². The highest BCUT2D eigenvalue weighted by molar-refractivity contribution is 5.81. The number of amides is 1. The van der Waals surface area contributed by atoms with Gasteiger partial charge < -0.3 is 9.80 Å². The Bertz CT molecular complexity index is 484. The van der Waals surface area contributed by atoms with Crippen LogP contribution in [0.3, 0.4) is 0 Å². The molecule has 19 heavy (non-hydrogen) atoms. The van der Waals surface area contributed by atoms with Gasteiger partial charge in [-0.25, -0.2) is 4.98 Å². The number of aryl methyl sites for hydroxylation is 1. The van der Waals surface area contributed by atoms with Crippen molar-refractivity contribution in [3.63, 3.8) is 0 Å². The van der Waals surface area contributed by atoms with Gasteiger partial charge in [0.05, 0.1) is 0 Å². The molecule has 4 heteroatoms. The van der Waals surface area contributed by atoms with Crippen LogP contribution < -0.4 is 4.90 Å². The number of rotatable bonds is 2. The van der Waals surface area contributed by atoms with Crippen molar-refractivity contribution in [2.75, 3.05) is 24.5 Å². The molecule has 1 saturated heterocycles. The van der Waals surface area contributed by atoms with Crippen LogP contribution in [0.15, 0.2) is 18.2 Å². The molecule has 2 heterocycles. The molecule has 3 rings (SSSR count). The molecule has 0 aromatic carbocycles. The molecular weight excluding hydrogens is 238 g/mol. The van der Waals surface area contributed by atoms with Gasteiger partial charge in [0.2, 0.25) is 5.91 Å². The fraction of sp³-hybridized carbons (Fsp3) is 0.600. The molecule has 1 amide bonds. The van der Waals surface area contributed by atoms with Crippen molar-refractivity contribution in [2.24, 2.45) is 5.92 Å². The van der Waals surface area contributed by atoms with Crippen molar-refractivity contribution in [1.82, 2.24) is 9.88 Å². The zero-order valence-corrected chi connectivity index (χ0v) is 11.7. The van der Waals surface area contributed by atoms with E-state index in [1.54, 1.807) is 0 Å². The SMILES string of the molecule is Cc1cccc(N2CCN(C(=O)C3CC3)C(C)C2)n1. The lowest BCUT2D eigenvalue weighted by molar-refractivity contribution is -0.134. The highest BCUT2D eigenvalue weighted by Gasteiger charge is 2.37. The van der Waals surface area contributed by atoms with Crippen molar-refractivity contribution < 1.29 is 4.79 Å². The lowest BCUT2D eigenvalue weighted by Crippen LogP contribution is -2.54. The van der Waals surface area contributed by atoms with Crippen molar-refractivity contribution in [1.29, 1.82) is 0 Å². The number of carbonyl (C=O) groups excluding carboxylic acids is 1. The van der Waals surface area contributed by atoms with E-state index in [0.29, 0.717) is 11.8 Å². The number of anilines is 1. The maximum Gasteiger partial charge on any atom is 0.226 e. The normalized spacial score (nSPS) is 23.6. The van der Waals surface area contributed by atoms with E-state index in [1.165, 1.54) is 0 Å². The summed E-state index contributed by atoms with van der Waals surface area (Å²) in [5.74, 6) is 1.72. The molecule has 1 aliphatic heterocycles. The fourth-order valence-electron chi connectivity index (χ4n) is 2.76. The molecule has 4 nitrogen and oxygen atoms in total. The molecule has 1 aromatic heterocycles. The van der Waals surface area contributed by atoms with Crippen LogP contribution in [0.5, 0.6) is 0 Å². The van der Waals surface area contributed by atoms with Gasteiger partial charge in [-0.2, -0.15) is 0 Å². The molecule has 2 fully saturated rings. The Labute approximate surface area is 114 Å². The minimum atomic E-state index is 0.282. The van der Waals surface area contributed by atoms with E-state index in [1.807, 2.05) is 19.1 Å². The molecule has 0 N–H and O–H groups in total. The molecule has 1 atom stereocenters. The summed E-state index contributed by atoms with van der Waals surface area (Å²) in [6, 6.07) is 6.39. The second kappa shape index (κ2) is 4.83. The molecule has 102 valence electrons. The molecule has 0 spiro atoms. The van der Waals surface area contributed by atoms with Crippen LogP contribution in [-0.2, 0) is 4.79 Å². The summed E-state index contributed by atoms with van der Waals surface area (Å²) < 4.78 is 0. The Balaban J connectivity index is 1.68. The van der Waals surface area contributed by atoms with Gasteiger partial charge in [0.1, 0.15) is 5.82 Å². The summed E-state index contributed by atoms with van der Waals surface area (Å²) in [4.78, 5) is 21.1. The maximum atomic E-state index is 12.2. The second-order valence-corrected chi connectivity index (χ2v) is 5.74. The third-order valence-corrected chi connectivity index (χ3v) is 4.03. The first-order valence-electron chi connectivity index (χ1n) is 7.14. The Morgan fingerprint density at radius 3 is 2.74 bits per heavy atom. The molecule has 1 aliphatic carbocycles. The van der Waals surface area contributed by atoms with Crippen LogP contribution in [0.1, 0.15) is 25.5 Å². The minimum Gasteiger partial charge on any atom is -0.353 e. The summed E-state index contributed by atoms with van der Waals surface area (Å²) in [5, 5.41) is 0. The average Bonchev–Trinajstić information content (AvgIpc) is 3.22. The zero-order valence-electron chi connectivity index (χ0n) is 11.7. The van der Waals surface area contributed by atoms with Gasteiger partial charge in [0, 0.05) is 37.3 Å². The van der Waals surface area contributed by atoms with Crippen LogP contribution in [0, 0.1) is 12.8 Å². The van der Waals surface area contributed by atoms with Crippen LogP contribution in [0.4, 0.5) is 5.82 Å². The second-order valence-electron chi connectivity index (χ2n) is 5.74. The lowest BCUT2D eigenvalue weighted by Gasteiger charge is -2.40. The Morgan fingerprint density at radius 1 is 1.32 bits per heavy atom. The largest absolute Gasteiger partial charge is 0.353 e. The molecule has 1 unspecified atom stereocenters. The van der Waals surface area contributed by atoms with Crippen molar-refractivity contribution in [3.8, 4) is 0 Å². The van der Waals surface area contributed by atoms with Gasteiger partial charge in [0.25, 0.3) is 0 Å². The highest BCUT2D eigenvalue weighted by Crippen LogP contribution is 2.32. The van der Waals surface area contributed by atoms with E-state index in [4.69, 9.17) is 0 Å². The number of hydrogen-bond acceptors (Lipinski definition) is 3. The Hall–Kier alpha value is -1.58. The van der Waals surface area contributed by atoms with Crippen molar-refractivity contribution in [2.45, 2.75) is 32.7 Å². The number of carbonyl (C=O) groups is 1. The number of piperazine rings is 1. The quantitative estimate of drug-likeness (QED) is 0.813. The predicted molar refractivity (Wildman–Crippen MR) is 75.1 cm³/mol. The molecular formula is C15H21N3O. The third-order valence-electron chi connectivity index (χ3n) is 4.03. The van der Waals surface area contributed by atoms with Crippen LogP contribution >= 0.6 is 0 Å². The summed E-state index contributed by atoms with van der Waals surface area (Å²) >= 11 is 0. The number of pyridine rings is 1. The van der Waals surface area contributed by atoms with Gasteiger partial charge >= 0.3 is 0 Å². The predicted octanol–water partition coefficient (Wildman–Crippen LogP) is 1.84. The zero-order chi connectivity index (χ0) is 13.4. The summed E-state index contributed by atoms with van der Waals surface area (Å²) in [7, 11) is 0. The first-order valence-corrected chi connectivity index (χ1v) is 7.14. The number of nitrogens with zero attached hydrogens (tertiary/aromatic N) is 3. The molecule has 1 aromatic rings. The molecule has 0 bridgehead atoms. The summed E-state index contributed by atoms with van der Waals surface area (Å²) in [5.41, 5.74) is 1.04. The third kappa shape index (κ3) is 2.57. The number of aromatic nitrogens is 1. The topological polar surface area (TPSA) is 36.4 Å². The number of hydrogen-bond donors (Lipinski definition) is 0. The monoisotopic (exact) mass is 259 g/mol. The van der Waals surface area contributed by atoms with E-state index in [9.17, 15) is 4.79 Å². The van der Waals surface area contributed by atoms with E-state index in [0.717, 1.165) is 44.0 Å². The highest BCUT2D eigenvalue weighted by atomic mass is 16.2. The average molecular weight is 259 g/mol.